The fourth-order valence-electron chi connectivity index (χ4n) is 8.91. The highest BCUT2D eigenvalue weighted by Gasteiger charge is 2.25. The summed E-state index contributed by atoms with van der Waals surface area (Å²) in [6.07, 6.45) is 0.864. The van der Waals surface area contributed by atoms with Gasteiger partial charge in [0.2, 0.25) is 0 Å². The van der Waals surface area contributed by atoms with Crippen molar-refractivity contribution in [1.82, 2.24) is 19.5 Å². The van der Waals surface area contributed by atoms with E-state index in [1.807, 2.05) is 60.7 Å². The lowest BCUT2D eigenvalue weighted by Crippen LogP contribution is -2.00. The van der Waals surface area contributed by atoms with Crippen molar-refractivity contribution in [3.63, 3.8) is 0 Å². The molecule has 1 aliphatic rings. The van der Waals surface area contributed by atoms with Crippen LogP contribution in [-0.4, -0.2) is 19.5 Å². The van der Waals surface area contributed by atoms with Gasteiger partial charge in [0.1, 0.15) is 11.2 Å². The van der Waals surface area contributed by atoms with Crippen molar-refractivity contribution < 1.29 is 4.42 Å². The Labute approximate surface area is 328 Å². The summed E-state index contributed by atoms with van der Waals surface area (Å²) < 4.78 is 9.05. The molecule has 0 saturated heterocycles. The number of furan rings is 1. The van der Waals surface area contributed by atoms with Gasteiger partial charge in [-0.1, -0.05) is 146 Å². The fourth-order valence-corrected chi connectivity index (χ4v) is 8.91. The molecule has 0 bridgehead atoms. The fraction of sp³-hybridized carbons (Fsp3) is 0.0192. The first kappa shape index (κ1) is 31.7. The van der Waals surface area contributed by atoms with Crippen LogP contribution in [0.1, 0.15) is 11.1 Å². The Hall–Kier alpha value is -7.63. The van der Waals surface area contributed by atoms with E-state index in [9.17, 15) is 0 Å². The lowest BCUT2D eigenvalue weighted by molar-refractivity contribution is 0.669. The van der Waals surface area contributed by atoms with Crippen LogP contribution >= 0.6 is 0 Å². The van der Waals surface area contributed by atoms with Gasteiger partial charge in [0.05, 0.1) is 16.7 Å². The molecule has 57 heavy (non-hydrogen) atoms. The second-order valence-electron chi connectivity index (χ2n) is 14.8. The van der Waals surface area contributed by atoms with Crippen LogP contribution in [-0.2, 0) is 6.42 Å². The summed E-state index contributed by atoms with van der Waals surface area (Å²) in [6, 6.07) is 64.0. The molecular formula is C52H32N4O. The molecule has 0 unspecified atom stereocenters. The van der Waals surface area contributed by atoms with E-state index in [0.717, 1.165) is 50.6 Å². The highest BCUT2D eigenvalue weighted by atomic mass is 16.3. The van der Waals surface area contributed by atoms with Gasteiger partial charge in [-0.25, -0.2) is 15.0 Å². The summed E-state index contributed by atoms with van der Waals surface area (Å²) in [6.45, 7) is 0. The molecule has 266 valence electrons. The highest BCUT2D eigenvalue weighted by Crippen LogP contribution is 2.45. The molecule has 0 amide bonds. The average molecular weight is 729 g/mol. The summed E-state index contributed by atoms with van der Waals surface area (Å²) >= 11 is 0. The van der Waals surface area contributed by atoms with Crippen molar-refractivity contribution in [2.45, 2.75) is 6.42 Å². The molecule has 0 atom stereocenters. The zero-order valence-corrected chi connectivity index (χ0v) is 30.7. The summed E-state index contributed by atoms with van der Waals surface area (Å²) in [5, 5.41) is 4.71. The van der Waals surface area contributed by atoms with E-state index in [1.165, 1.54) is 55.3 Å². The molecule has 0 fully saturated rings. The lowest BCUT2D eigenvalue weighted by Gasteiger charge is -2.13. The maximum Gasteiger partial charge on any atom is 0.164 e. The average Bonchev–Trinajstić information content (AvgIpc) is 3.96. The van der Waals surface area contributed by atoms with E-state index < -0.39 is 0 Å². The standard InChI is InChI=1S/C52H32N4O/c1-3-13-32(14-4-1)50-53-51(33-15-5-2-6-16-33)55-52(54-50)35-26-28-42-48(31-35)57-47-24-12-19-38(49(42)47)34-25-27-37-36(29-34)30-43-39(37)20-11-23-46(43)56-44-21-9-7-17-40(44)41-18-8-10-22-45(41)56/h1-29,31H,30H2. The molecule has 8 aromatic carbocycles. The predicted molar refractivity (Wildman–Crippen MR) is 231 cm³/mol. The molecule has 1 aliphatic carbocycles. The molecule has 0 saturated carbocycles. The molecule has 0 N–H and O–H groups in total. The maximum absolute atomic E-state index is 6.60. The van der Waals surface area contributed by atoms with E-state index in [-0.39, 0.29) is 0 Å². The lowest BCUT2D eigenvalue weighted by atomic mass is 9.95. The third-order valence-electron chi connectivity index (χ3n) is 11.5. The van der Waals surface area contributed by atoms with Gasteiger partial charge in [0.15, 0.2) is 17.5 Å². The van der Waals surface area contributed by atoms with Crippen molar-refractivity contribution in [3.8, 4) is 62.1 Å². The maximum atomic E-state index is 6.60. The van der Waals surface area contributed by atoms with Gasteiger partial charge in [-0.15, -0.1) is 0 Å². The largest absolute Gasteiger partial charge is 0.456 e. The first-order chi connectivity index (χ1) is 28.2. The third kappa shape index (κ3) is 4.99. The van der Waals surface area contributed by atoms with Gasteiger partial charge in [0, 0.05) is 44.7 Å². The topological polar surface area (TPSA) is 56.7 Å². The zero-order chi connectivity index (χ0) is 37.5. The molecule has 5 nitrogen and oxygen atoms in total. The summed E-state index contributed by atoms with van der Waals surface area (Å²) in [4.78, 5) is 14.8. The van der Waals surface area contributed by atoms with E-state index in [4.69, 9.17) is 19.4 Å². The van der Waals surface area contributed by atoms with Crippen LogP contribution in [0.25, 0.3) is 106 Å². The molecule has 11 aromatic rings. The van der Waals surface area contributed by atoms with Crippen LogP contribution in [0.4, 0.5) is 0 Å². The Morgan fingerprint density at radius 2 is 1.00 bits per heavy atom. The van der Waals surface area contributed by atoms with Crippen LogP contribution in [0, 0.1) is 0 Å². The molecule has 3 aromatic heterocycles. The second kappa shape index (κ2) is 12.4. The highest BCUT2D eigenvalue weighted by molar-refractivity contribution is 6.13. The Morgan fingerprint density at radius 3 is 1.70 bits per heavy atom. The van der Waals surface area contributed by atoms with Crippen LogP contribution in [0.5, 0.6) is 0 Å². The minimum absolute atomic E-state index is 0.601. The zero-order valence-electron chi connectivity index (χ0n) is 30.7. The minimum Gasteiger partial charge on any atom is -0.456 e. The first-order valence-electron chi connectivity index (χ1n) is 19.3. The van der Waals surface area contributed by atoms with E-state index in [1.54, 1.807) is 0 Å². The van der Waals surface area contributed by atoms with Crippen molar-refractivity contribution in [1.29, 1.82) is 0 Å². The van der Waals surface area contributed by atoms with Gasteiger partial charge < -0.3 is 8.98 Å². The first-order valence-corrected chi connectivity index (χ1v) is 19.3. The van der Waals surface area contributed by atoms with Gasteiger partial charge in [0.25, 0.3) is 0 Å². The Balaban J connectivity index is 0.949. The van der Waals surface area contributed by atoms with Crippen LogP contribution in [0.2, 0.25) is 0 Å². The minimum atomic E-state index is 0.601. The van der Waals surface area contributed by atoms with Crippen molar-refractivity contribution in [3.05, 3.63) is 193 Å². The van der Waals surface area contributed by atoms with Crippen molar-refractivity contribution in [2.24, 2.45) is 0 Å². The summed E-state index contributed by atoms with van der Waals surface area (Å²) in [7, 11) is 0. The molecule has 3 heterocycles. The van der Waals surface area contributed by atoms with Crippen molar-refractivity contribution >= 4 is 43.7 Å². The molecular weight excluding hydrogens is 697 g/mol. The number of para-hydroxylation sites is 2. The number of fused-ring (bicyclic) bond motifs is 9. The number of rotatable bonds is 5. The summed E-state index contributed by atoms with van der Waals surface area (Å²) in [5.74, 6) is 1.86. The van der Waals surface area contributed by atoms with Gasteiger partial charge in [-0.05, 0) is 69.8 Å². The van der Waals surface area contributed by atoms with Gasteiger partial charge >= 0.3 is 0 Å². The van der Waals surface area contributed by atoms with E-state index in [0.29, 0.717) is 17.5 Å². The summed E-state index contributed by atoms with van der Waals surface area (Å²) in [5.41, 5.74) is 15.7. The van der Waals surface area contributed by atoms with E-state index in [2.05, 4.69) is 126 Å². The molecule has 0 spiro atoms. The Kier molecular flexibility index (Phi) is 6.92. The number of benzene rings is 8. The monoisotopic (exact) mass is 728 g/mol. The smallest absolute Gasteiger partial charge is 0.164 e. The molecule has 0 radical (unpaired) electrons. The molecule has 0 aliphatic heterocycles. The Morgan fingerprint density at radius 1 is 0.404 bits per heavy atom. The Bertz CT molecular complexity index is 3270. The number of hydrogen-bond donors (Lipinski definition) is 0. The normalized spacial score (nSPS) is 12.1. The number of nitrogens with zero attached hydrogens (tertiary/aromatic N) is 4. The SMILES string of the molecule is c1ccc(-c2nc(-c3ccccc3)nc(-c3ccc4c(c3)oc3cccc(-c5ccc6c(c5)Cc5c-6cccc5-n5c6ccccc6c6ccccc65)c34)n2)cc1. The third-order valence-corrected chi connectivity index (χ3v) is 11.5. The van der Waals surface area contributed by atoms with Crippen molar-refractivity contribution in [2.75, 3.05) is 0 Å². The van der Waals surface area contributed by atoms with E-state index >= 15 is 0 Å². The second-order valence-corrected chi connectivity index (χ2v) is 14.8. The van der Waals surface area contributed by atoms with Gasteiger partial charge in [-0.2, -0.15) is 0 Å². The van der Waals surface area contributed by atoms with Crippen LogP contribution < -0.4 is 0 Å². The number of hydrogen-bond acceptors (Lipinski definition) is 4. The quantitative estimate of drug-likeness (QED) is 0.177. The van der Waals surface area contributed by atoms with Gasteiger partial charge in [-0.3, -0.25) is 0 Å². The molecule has 12 rings (SSSR count). The molecule has 5 heteroatoms. The van der Waals surface area contributed by atoms with Crippen LogP contribution in [0.3, 0.4) is 0 Å². The number of aromatic nitrogens is 4. The van der Waals surface area contributed by atoms with Crippen LogP contribution in [0.15, 0.2) is 186 Å². The predicted octanol–water partition coefficient (Wildman–Crippen LogP) is 13.1.